The van der Waals surface area contributed by atoms with Gasteiger partial charge < -0.3 is 15.8 Å². The summed E-state index contributed by atoms with van der Waals surface area (Å²) in [7, 11) is 1.62. The summed E-state index contributed by atoms with van der Waals surface area (Å²) in [5.41, 5.74) is 6.24. The monoisotopic (exact) mass is 395 g/mol. The van der Waals surface area contributed by atoms with E-state index in [9.17, 15) is 22.8 Å². The molecule has 0 bridgehead atoms. The van der Waals surface area contributed by atoms with Gasteiger partial charge in [0.15, 0.2) is 0 Å². The Bertz CT molecular complexity index is 838. The molecule has 2 aromatic rings. The molecule has 6 nitrogen and oxygen atoms in total. The molecule has 2 rings (SSSR count). The molecule has 0 fully saturated rings. The summed E-state index contributed by atoms with van der Waals surface area (Å²) >= 11 is 0. The van der Waals surface area contributed by atoms with Crippen molar-refractivity contribution in [2.45, 2.75) is 25.9 Å². The molecule has 0 spiro atoms. The molecule has 1 atom stereocenters. The zero-order valence-electron chi connectivity index (χ0n) is 15.3. The Morgan fingerprint density at radius 3 is 2.32 bits per heavy atom. The number of rotatable bonds is 7. The topological polar surface area (TPSA) is 84.7 Å². The Balaban J connectivity index is 2.03. The number of carbonyl (C=O) groups is 2. The summed E-state index contributed by atoms with van der Waals surface area (Å²) in [5.74, 6) is -1.24. The van der Waals surface area contributed by atoms with Gasteiger partial charge in [-0.3, -0.25) is 14.5 Å². The second-order valence-electron chi connectivity index (χ2n) is 6.18. The molecule has 3 N–H and O–H groups in total. The van der Waals surface area contributed by atoms with E-state index < -0.39 is 18.3 Å². The zero-order valence-corrected chi connectivity index (χ0v) is 15.3. The number of nitrogens with one attached hydrogen (secondary N) is 1. The van der Waals surface area contributed by atoms with Crippen LogP contribution < -0.4 is 15.8 Å². The number of nitrogens with two attached hydrogens (primary N) is 1. The molecule has 0 aliphatic carbocycles. The van der Waals surface area contributed by atoms with Crippen LogP contribution in [-0.4, -0.2) is 36.2 Å². The van der Waals surface area contributed by atoms with Crippen molar-refractivity contribution in [3.05, 3.63) is 59.7 Å². The fourth-order valence-electron chi connectivity index (χ4n) is 2.43. The van der Waals surface area contributed by atoms with Crippen molar-refractivity contribution in [2.75, 3.05) is 12.4 Å². The van der Waals surface area contributed by atoms with Crippen molar-refractivity contribution in [3.63, 3.8) is 0 Å². The lowest BCUT2D eigenvalue weighted by atomic mass is 10.1. The molecule has 0 radical (unpaired) electrons. The van der Waals surface area contributed by atoms with Gasteiger partial charge >= 0.3 is 6.36 Å². The molecule has 0 heterocycles. The molecule has 0 aromatic heterocycles. The lowest BCUT2D eigenvalue weighted by Gasteiger charge is -2.25. The van der Waals surface area contributed by atoms with E-state index in [4.69, 9.17) is 5.73 Å². The van der Waals surface area contributed by atoms with Crippen molar-refractivity contribution in [1.29, 1.82) is 0 Å². The van der Waals surface area contributed by atoms with Crippen LogP contribution in [0.5, 0.6) is 5.75 Å². The van der Waals surface area contributed by atoms with Crippen molar-refractivity contribution in [3.8, 4) is 5.75 Å². The molecule has 0 aliphatic heterocycles. The standard InChI is InChI=1S/C19H20F3N3O3/c1-12(18(27)24-15-9-7-13(8-10-15)17(23)26)25(2)11-14-5-3-4-6-16(14)28-19(20,21)22/h3-10,12H,11H2,1-2H3,(H2,23,26)(H,24,27). The lowest BCUT2D eigenvalue weighted by Crippen LogP contribution is -2.39. The lowest BCUT2D eigenvalue weighted by molar-refractivity contribution is -0.275. The fraction of sp³-hybridized carbons (Fsp3) is 0.263. The average Bonchev–Trinajstić information content (AvgIpc) is 2.61. The van der Waals surface area contributed by atoms with Crippen molar-refractivity contribution in [1.82, 2.24) is 4.90 Å². The fourth-order valence-corrected chi connectivity index (χ4v) is 2.43. The van der Waals surface area contributed by atoms with E-state index in [1.54, 1.807) is 24.9 Å². The SMILES string of the molecule is CC(C(=O)Nc1ccc(C(N)=O)cc1)N(C)Cc1ccccc1OC(F)(F)F. The third-order valence-electron chi connectivity index (χ3n) is 4.10. The van der Waals surface area contributed by atoms with E-state index in [1.807, 2.05) is 0 Å². The number of para-hydroxylation sites is 1. The number of hydrogen-bond acceptors (Lipinski definition) is 4. The highest BCUT2D eigenvalue weighted by atomic mass is 19.4. The average molecular weight is 395 g/mol. The van der Waals surface area contributed by atoms with Crippen molar-refractivity contribution >= 4 is 17.5 Å². The first-order valence-corrected chi connectivity index (χ1v) is 8.31. The normalized spacial score (nSPS) is 12.5. The highest BCUT2D eigenvalue weighted by molar-refractivity contribution is 5.96. The number of amides is 2. The predicted molar refractivity (Wildman–Crippen MR) is 97.6 cm³/mol. The van der Waals surface area contributed by atoms with E-state index in [0.717, 1.165) is 0 Å². The highest BCUT2D eigenvalue weighted by Crippen LogP contribution is 2.27. The maximum atomic E-state index is 12.5. The Morgan fingerprint density at radius 2 is 1.75 bits per heavy atom. The van der Waals surface area contributed by atoms with Gasteiger partial charge in [0, 0.05) is 23.4 Å². The number of hydrogen-bond donors (Lipinski definition) is 2. The second kappa shape index (κ2) is 8.75. The number of alkyl halides is 3. The van der Waals surface area contributed by atoms with Crippen molar-refractivity contribution in [2.24, 2.45) is 5.73 Å². The number of benzene rings is 2. The quantitative estimate of drug-likeness (QED) is 0.754. The third kappa shape index (κ3) is 5.98. The molecule has 9 heteroatoms. The highest BCUT2D eigenvalue weighted by Gasteiger charge is 2.32. The van der Waals surface area contributed by atoms with Crippen LogP contribution in [0.2, 0.25) is 0 Å². The maximum Gasteiger partial charge on any atom is 0.573 e. The van der Waals surface area contributed by atoms with Gasteiger partial charge in [-0.05, 0) is 44.3 Å². The Labute approximate surface area is 160 Å². The Kier molecular flexibility index (Phi) is 6.63. The largest absolute Gasteiger partial charge is 0.573 e. The number of likely N-dealkylation sites (N-methyl/N-ethyl adjacent to an activating group) is 1. The summed E-state index contributed by atoms with van der Waals surface area (Å²) in [4.78, 5) is 25.1. The van der Waals surface area contributed by atoms with E-state index in [0.29, 0.717) is 16.8 Å². The van der Waals surface area contributed by atoms with Crippen LogP contribution in [0.3, 0.4) is 0 Å². The zero-order chi connectivity index (χ0) is 20.9. The maximum absolute atomic E-state index is 12.5. The second-order valence-corrected chi connectivity index (χ2v) is 6.18. The number of anilines is 1. The van der Waals surface area contributed by atoms with Crippen LogP contribution in [0, 0.1) is 0 Å². The summed E-state index contributed by atoms with van der Waals surface area (Å²) in [6.07, 6.45) is -4.80. The van der Waals surface area contributed by atoms with Gasteiger partial charge in [0.25, 0.3) is 0 Å². The first-order chi connectivity index (χ1) is 13.1. The van der Waals surface area contributed by atoms with Crippen LogP contribution in [-0.2, 0) is 11.3 Å². The molecule has 0 aliphatic rings. The van der Waals surface area contributed by atoms with Gasteiger partial charge in [-0.25, -0.2) is 0 Å². The minimum Gasteiger partial charge on any atom is -0.405 e. The van der Waals surface area contributed by atoms with Gasteiger partial charge in [0.05, 0.1) is 6.04 Å². The first-order valence-electron chi connectivity index (χ1n) is 8.31. The van der Waals surface area contributed by atoms with E-state index in [1.165, 1.54) is 42.5 Å². The van der Waals surface area contributed by atoms with E-state index in [-0.39, 0.29) is 18.2 Å². The number of carbonyl (C=O) groups excluding carboxylic acids is 2. The molecule has 0 saturated carbocycles. The first kappa shape index (κ1) is 21.2. The van der Waals surface area contributed by atoms with E-state index in [2.05, 4.69) is 10.1 Å². The smallest absolute Gasteiger partial charge is 0.405 e. The van der Waals surface area contributed by atoms with Crippen LogP contribution in [0.1, 0.15) is 22.8 Å². The molecule has 2 aromatic carbocycles. The van der Waals surface area contributed by atoms with E-state index >= 15 is 0 Å². The van der Waals surface area contributed by atoms with Gasteiger partial charge in [-0.2, -0.15) is 0 Å². The van der Waals surface area contributed by atoms with Crippen LogP contribution in [0.4, 0.5) is 18.9 Å². The van der Waals surface area contributed by atoms with Gasteiger partial charge in [-0.1, -0.05) is 18.2 Å². The summed E-state index contributed by atoms with van der Waals surface area (Å²) in [6.45, 7) is 1.70. The van der Waals surface area contributed by atoms with Crippen LogP contribution in [0.15, 0.2) is 48.5 Å². The minimum absolute atomic E-state index is 0.0709. The van der Waals surface area contributed by atoms with Gasteiger partial charge in [-0.15, -0.1) is 13.2 Å². The summed E-state index contributed by atoms with van der Waals surface area (Å²) < 4.78 is 41.6. The van der Waals surface area contributed by atoms with Crippen LogP contribution in [0.25, 0.3) is 0 Å². The number of primary amides is 1. The molecular weight excluding hydrogens is 375 g/mol. The Hall–Kier alpha value is -3.07. The molecule has 0 saturated heterocycles. The Morgan fingerprint density at radius 1 is 1.14 bits per heavy atom. The third-order valence-corrected chi connectivity index (χ3v) is 4.10. The molecule has 28 heavy (non-hydrogen) atoms. The molecular formula is C19H20F3N3O3. The molecule has 2 amide bonds. The minimum atomic E-state index is -4.80. The number of ether oxygens (including phenoxy) is 1. The number of halogens is 3. The predicted octanol–water partition coefficient (Wildman–Crippen LogP) is 3.14. The summed E-state index contributed by atoms with van der Waals surface area (Å²) in [5, 5.41) is 2.68. The molecule has 150 valence electrons. The number of nitrogens with zero attached hydrogens (tertiary/aromatic N) is 1. The summed E-state index contributed by atoms with van der Waals surface area (Å²) in [6, 6.07) is 11.2. The molecule has 1 unspecified atom stereocenters. The van der Waals surface area contributed by atoms with Crippen LogP contribution >= 0.6 is 0 Å². The van der Waals surface area contributed by atoms with Gasteiger partial charge in [0.1, 0.15) is 5.75 Å². The van der Waals surface area contributed by atoms with Crippen molar-refractivity contribution < 1.29 is 27.5 Å². The van der Waals surface area contributed by atoms with Gasteiger partial charge in [0.2, 0.25) is 11.8 Å².